The van der Waals surface area contributed by atoms with E-state index < -0.39 is 0 Å². The first-order valence-corrected chi connectivity index (χ1v) is 6.89. The molecule has 0 saturated carbocycles. The average Bonchev–Trinajstić information content (AvgIpc) is 2.60. The fraction of sp³-hybridized carbons (Fsp3) is 0.444. The van der Waals surface area contributed by atoms with Crippen molar-refractivity contribution in [2.45, 2.75) is 4.90 Å². The van der Waals surface area contributed by atoms with E-state index in [1.807, 2.05) is 24.7 Å². The highest BCUT2D eigenvalue weighted by Gasteiger charge is 2.12. The number of amides is 1. The Balaban J connectivity index is 2.56. The summed E-state index contributed by atoms with van der Waals surface area (Å²) in [6, 6.07) is 1.81. The Kier molecular flexibility index (Phi) is 4.84. The van der Waals surface area contributed by atoms with Gasteiger partial charge in [-0.2, -0.15) is 11.8 Å². The van der Waals surface area contributed by atoms with Gasteiger partial charge in [-0.25, -0.2) is 0 Å². The van der Waals surface area contributed by atoms with E-state index in [0.717, 1.165) is 22.1 Å². The number of nitrogens with zero attached hydrogens (tertiary/aromatic N) is 1. The number of carbonyl (C=O) groups excluding carboxylic acids is 1. The number of hydrogen-bond donors (Lipinski definition) is 1. The van der Waals surface area contributed by atoms with Gasteiger partial charge in [0.05, 0.1) is 4.88 Å². The van der Waals surface area contributed by atoms with E-state index in [0.29, 0.717) is 0 Å². The van der Waals surface area contributed by atoms with Crippen LogP contribution in [0.2, 0.25) is 0 Å². The highest BCUT2D eigenvalue weighted by molar-refractivity contribution is 7.98. The van der Waals surface area contributed by atoms with Gasteiger partial charge in [0, 0.05) is 29.6 Å². The molecule has 5 heteroatoms. The molecule has 2 nitrogen and oxygen atoms in total. The highest BCUT2D eigenvalue weighted by atomic mass is 32.2. The molecule has 0 aliphatic rings. The smallest absolute Gasteiger partial charge is 0.263 e. The number of carbonyl (C=O) groups is 1. The molecule has 1 rings (SSSR count). The first-order chi connectivity index (χ1) is 6.65. The van der Waals surface area contributed by atoms with Crippen molar-refractivity contribution in [1.82, 2.24) is 4.90 Å². The SMILES string of the molecule is CSCCN(C)C(=O)c1cc(S)cs1. The van der Waals surface area contributed by atoms with Crippen molar-refractivity contribution in [3.63, 3.8) is 0 Å². The summed E-state index contributed by atoms with van der Waals surface area (Å²) in [5.41, 5.74) is 0. The number of hydrogen-bond acceptors (Lipinski definition) is 4. The molecular weight excluding hydrogens is 234 g/mol. The maximum Gasteiger partial charge on any atom is 0.263 e. The van der Waals surface area contributed by atoms with Crippen LogP contribution in [0.15, 0.2) is 16.3 Å². The van der Waals surface area contributed by atoms with Gasteiger partial charge in [-0.15, -0.1) is 24.0 Å². The van der Waals surface area contributed by atoms with Crippen molar-refractivity contribution in [3.8, 4) is 0 Å². The summed E-state index contributed by atoms with van der Waals surface area (Å²) < 4.78 is 0. The van der Waals surface area contributed by atoms with Crippen molar-refractivity contribution in [2.75, 3.05) is 25.6 Å². The van der Waals surface area contributed by atoms with E-state index in [1.54, 1.807) is 16.7 Å². The third kappa shape index (κ3) is 3.22. The first kappa shape index (κ1) is 11.9. The molecule has 1 amide bonds. The van der Waals surface area contributed by atoms with Gasteiger partial charge in [0.2, 0.25) is 0 Å². The van der Waals surface area contributed by atoms with Gasteiger partial charge in [-0.05, 0) is 12.3 Å². The zero-order chi connectivity index (χ0) is 10.6. The Labute approximate surface area is 98.1 Å². The predicted molar refractivity (Wildman–Crippen MR) is 66.9 cm³/mol. The summed E-state index contributed by atoms with van der Waals surface area (Å²) in [6.07, 6.45) is 2.04. The van der Waals surface area contributed by atoms with Crippen LogP contribution in [0.1, 0.15) is 9.67 Å². The van der Waals surface area contributed by atoms with Gasteiger partial charge in [-0.3, -0.25) is 4.79 Å². The minimum Gasteiger partial charge on any atom is -0.340 e. The van der Waals surface area contributed by atoms with E-state index in [1.165, 1.54) is 11.3 Å². The average molecular weight is 247 g/mol. The second-order valence-corrected chi connectivity index (χ2v) is 5.30. The fourth-order valence-corrected chi connectivity index (χ4v) is 2.55. The van der Waals surface area contributed by atoms with Gasteiger partial charge in [0.25, 0.3) is 5.91 Å². The second-order valence-electron chi connectivity index (χ2n) is 2.89. The Hall–Kier alpha value is -0.130. The number of rotatable bonds is 4. The lowest BCUT2D eigenvalue weighted by atomic mass is 10.4. The van der Waals surface area contributed by atoms with Gasteiger partial charge < -0.3 is 4.90 Å². The topological polar surface area (TPSA) is 20.3 Å². The van der Waals surface area contributed by atoms with E-state index in [2.05, 4.69) is 12.6 Å². The van der Waals surface area contributed by atoms with Gasteiger partial charge in [0.1, 0.15) is 0 Å². The molecule has 14 heavy (non-hydrogen) atoms. The summed E-state index contributed by atoms with van der Waals surface area (Å²) in [6.45, 7) is 0.791. The van der Waals surface area contributed by atoms with Crippen molar-refractivity contribution in [1.29, 1.82) is 0 Å². The molecule has 0 N–H and O–H groups in total. The van der Waals surface area contributed by atoms with Crippen LogP contribution >= 0.6 is 35.7 Å². The minimum atomic E-state index is 0.0874. The molecule has 0 aromatic carbocycles. The summed E-state index contributed by atoms with van der Waals surface area (Å²) in [4.78, 5) is 15.1. The maximum atomic E-state index is 11.8. The van der Waals surface area contributed by atoms with Crippen LogP contribution in [0.25, 0.3) is 0 Å². The summed E-state index contributed by atoms with van der Waals surface area (Å²) in [5, 5.41) is 1.87. The molecule has 0 aliphatic heterocycles. The molecule has 0 atom stereocenters. The Morgan fingerprint density at radius 1 is 1.71 bits per heavy atom. The molecule has 0 bridgehead atoms. The lowest BCUT2D eigenvalue weighted by molar-refractivity contribution is 0.0808. The summed E-state index contributed by atoms with van der Waals surface area (Å²) in [5.74, 6) is 1.06. The van der Waals surface area contributed by atoms with E-state index >= 15 is 0 Å². The van der Waals surface area contributed by atoms with Crippen LogP contribution in [0.4, 0.5) is 0 Å². The van der Waals surface area contributed by atoms with Crippen LogP contribution in [0.5, 0.6) is 0 Å². The third-order valence-electron chi connectivity index (χ3n) is 1.77. The van der Waals surface area contributed by atoms with Gasteiger partial charge in [-0.1, -0.05) is 0 Å². The molecule has 0 unspecified atom stereocenters. The molecular formula is C9H13NOS3. The predicted octanol–water partition coefficient (Wildman–Crippen LogP) is 2.47. The fourth-order valence-electron chi connectivity index (χ4n) is 0.956. The van der Waals surface area contributed by atoms with Crippen molar-refractivity contribution >= 4 is 41.6 Å². The van der Waals surface area contributed by atoms with E-state index in [4.69, 9.17) is 0 Å². The summed E-state index contributed by atoms with van der Waals surface area (Å²) in [7, 11) is 1.83. The number of thioether (sulfide) groups is 1. The molecule has 0 spiro atoms. The second kappa shape index (κ2) is 5.68. The Morgan fingerprint density at radius 2 is 2.43 bits per heavy atom. The molecule has 1 aromatic heterocycles. The normalized spacial score (nSPS) is 10.2. The van der Waals surface area contributed by atoms with Crippen LogP contribution in [-0.4, -0.2) is 36.4 Å². The third-order valence-corrected chi connectivity index (χ3v) is 3.72. The Morgan fingerprint density at radius 3 is 2.93 bits per heavy atom. The van der Waals surface area contributed by atoms with Crippen molar-refractivity contribution < 1.29 is 4.79 Å². The molecule has 1 heterocycles. The number of thiol groups is 1. The zero-order valence-corrected chi connectivity index (χ0v) is 10.7. The highest BCUT2D eigenvalue weighted by Crippen LogP contribution is 2.18. The molecule has 0 fully saturated rings. The molecule has 0 radical (unpaired) electrons. The number of thiophene rings is 1. The van der Waals surface area contributed by atoms with Gasteiger partial charge in [0.15, 0.2) is 0 Å². The van der Waals surface area contributed by atoms with E-state index in [-0.39, 0.29) is 5.91 Å². The maximum absolute atomic E-state index is 11.8. The quantitative estimate of drug-likeness (QED) is 0.825. The van der Waals surface area contributed by atoms with Gasteiger partial charge >= 0.3 is 0 Å². The largest absolute Gasteiger partial charge is 0.340 e. The zero-order valence-electron chi connectivity index (χ0n) is 8.19. The standard InChI is InChI=1S/C9H13NOS3/c1-10(3-4-13-2)9(11)8-5-7(12)6-14-8/h5-6,12H,3-4H2,1-2H3. The first-order valence-electron chi connectivity index (χ1n) is 4.17. The molecule has 78 valence electrons. The van der Waals surface area contributed by atoms with Crippen molar-refractivity contribution in [3.05, 3.63) is 16.3 Å². The van der Waals surface area contributed by atoms with E-state index in [9.17, 15) is 4.79 Å². The molecule has 1 aromatic rings. The monoisotopic (exact) mass is 247 g/mol. The van der Waals surface area contributed by atoms with Crippen LogP contribution < -0.4 is 0 Å². The molecule has 0 saturated heterocycles. The van der Waals surface area contributed by atoms with Crippen LogP contribution in [0, 0.1) is 0 Å². The van der Waals surface area contributed by atoms with Crippen LogP contribution in [0.3, 0.4) is 0 Å². The Bertz CT molecular complexity index is 311. The lowest BCUT2D eigenvalue weighted by Gasteiger charge is -2.14. The minimum absolute atomic E-state index is 0.0874. The van der Waals surface area contributed by atoms with Crippen molar-refractivity contribution in [2.24, 2.45) is 0 Å². The van der Waals surface area contributed by atoms with Crippen LogP contribution in [-0.2, 0) is 0 Å². The molecule has 0 aliphatic carbocycles. The lowest BCUT2D eigenvalue weighted by Crippen LogP contribution is -2.28. The summed E-state index contributed by atoms with van der Waals surface area (Å²) >= 11 is 7.36.